The summed E-state index contributed by atoms with van der Waals surface area (Å²) >= 11 is 0. The van der Waals surface area contributed by atoms with Crippen LogP contribution in [-0.4, -0.2) is 133 Å². The van der Waals surface area contributed by atoms with Crippen molar-refractivity contribution in [2.75, 3.05) is 52.7 Å². The molecule has 0 saturated heterocycles. The van der Waals surface area contributed by atoms with Crippen molar-refractivity contribution in [2.45, 2.75) is 91.8 Å². The van der Waals surface area contributed by atoms with Gasteiger partial charge < -0.3 is 39.2 Å². The summed E-state index contributed by atoms with van der Waals surface area (Å²) in [7, 11) is 0. The second kappa shape index (κ2) is 25.6. The van der Waals surface area contributed by atoms with Gasteiger partial charge in [-0.25, -0.2) is 14.0 Å². The van der Waals surface area contributed by atoms with E-state index in [1.54, 1.807) is 32.6 Å². The van der Waals surface area contributed by atoms with Gasteiger partial charge in [0.15, 0.2) is 5.78 Å². The van der Waals surface area contributed by atoms with Crippen molar-refractivity contribution in [3.63, 3.8) is 0 Å². The molecule has 0 spiro atoms. The fraction of sp³-hybridized carbons (Fsp3) is 0.550. The Morgan fingerprint density at radius 1 is 0.500 bits per heavy atom. The molecule has 0 aliphatic carbocycles. The summed E-state index contributed by atoms with van der Waals surface area (Å²) in [6.07, 6.45) is 8.65. The van der Waals surface area contributed by atoms with Gasteiger partial charge in [0.05, 0.1) is 69.8 Å². The van der Waals surface area contributed by atoms with E-state index in [2.05, 4.69) is 41.6 Å². The molecule has 324 valence electrons. The number of aromatic nitrogens is 9. The number of amides is 2. The highest BCUT2D eigenvalue weighted by Crippen LogP contribution is 2.15. The number of ketones is 4. The lowest BCUT2D eigenvalue weighted by atomic mass is 9.99. The third kappa shape index (κ3) is 18.0. The molecule has 4 rings (SSSR count). The predicted molar refractivity (Wildman–Crippen MR) is 214 cm³/mol. The van der Waals surface area contributed by atoms with Gasteiger partial charge in [-0.3, -0.25) is 14.4 Å². The molecule has 20 nitrogen and oxygen atoms in total. The molecule has 1 aromatic carbocycles. The van der Waals surface area contributed by atoms with Crippen LogP contribution < -0.4 is 10.6 Å². The molecule has 0 aliphatic rings. The lowest BCUT2D eigenvalue weighted by molar-refractivity contribution is -0.117. The molecule has 60 heavy (non-hydrogen) atoms. The second-order valence-electron chi connectivity index (χ2n) is 14.2. The summed E-state index contributed by atoms with van der Waals surface area (Å²) < 4.78 is 21.9. The number of carbonyl (C=O) groups is 6. The van der Waals surface area contributed by atoms with Crippen LogP contribution in [0, 0.1) is 0 Å². The van der Waals surface area contributed by atoms with E-state index in [-0.39, 0.29) is 72.5 Å². The zero-order valence-corrected chi connectivity index (χ0v) is 34.6. The van der Waals surface area contributed by atoms with Gasteiger partial charge in [0.25, 0.3) is 11.8 Å². The highest BCUT2D eigenvalue weighted by atomic mass is 16.5. The molecule has 4 aromatic rings. The number of hydrogen-bond donors (Lipinski definition) is 2. The van der Waals surface area contributed by atoms with Gasteiger partial charge in [0, 0.05) is 80.7 Å². The number of carbonyl (C=O) groups excluding carboxylic acids is 6. The Morgan fingerprint density at radius 3 is 1.25 bits per heavy atom. The van der Waals surface area contributed by atoms with Crippen molar-refractivity contribution < 1.29 is 43.0 Å². The normalized spacial score (nSPS) is 11.1. The van der Waals surface area contributed by atoms with Gasteiger partial charge in [-0.1, -0.05) is 15.6 Å². The quantitative estimate of drug-likeness (QED) is 0.0540. The highest BCUT2D eigenvalue weighted by Gasteiger charge is 2.17. The summed E-state index contributed by atoms with van der Waals surface area (Å²) in [5.74, 6) is -0.951. The first kappa shape index (κ1) is 46.8. The average Bonchev–Trinajstić information content (AvgIpc) is 4.00. The molecule has 0 fully saturated rings. The first-order valence-corrected chi connectivity index (χ1v) is 20.1. The minimum absolute atomic E-state index is 0.0842. The van der Waals surface area contributed by atoms with Crippen LogP contribution in [0.4, 0.5) is 0 Å². The molecule has 3 aromatic heterocycles. The molecule has 0 aliphatic heterocycles. The smallest absolute Gasteiger partial charge is 0.251 e. The summed E-state index contributed by atoms with van der Waals surface area (Å²) in [6, 6.07) is 4.38. The fourth-order valence-electron chi connectivity index (χ4n) is 5.59. The maximum atomic E-state index is 13.3. The molecule has 0 saturated carbocycles. The molecule has 0 bridgehead atoms. The van der Waals surface area contributed by atoms with Gasteiger partial charge in [0.2, 0.25) is 0 Å². The molecule has 0 radical (unpaired) electrons. The van der Waals surface area contributed by atoms with Crippen molar-refractivity contribution in [3.05, 3.63) is 70.6 Å². The van der Waals surface area contributed by atoms with E-state index in [4.69, 9.17) is 14.2 Å². The summed E-state index contributed by atoms with van der Waals surface area (Å²) in [5, 5.41) is 29.8. The predicted octanol–water partition coefficient (Wildman–Crippen LogP) is 1.60. The largest absolute Gasteiger partial charge is 0.380 e. The topological polar surface area (TPSA) is 246 Å². The molecule has 2 amide bonds. The molecular formula is C40H55N11O9. The molecule has 20 heteroatoms. The van der Waals surface area contributed by atoms with Crippen molar-refractivity contribution in [3.8, 4) is 0 Å². The third-order valence-electron chi connectivity index (χ3n) is 8.89. The zero-order valence-electron chi connectivity index (χ0n) is 34.6. The van der Waals surface area contributed by atoms with Crippen LogP contribution in [0.25, 0.3) is 0 Å². The van der Waals surface area contributed by atoms with Gasteiger partial charge in [-0.15, -0.1) is 15.3 Å². The Bertz CT molecular complexity index is 1790. The van der Waals surface area contributed by atoms with Crippen molar-refractivity contribution in [1.82, 2.24) is 55.6 Å². The number of aryl methyl sites for hydroxylation is 3. The Labute approximate surface area is 348 Å². The van der Waals surface area contributed by atoms with Crippen LogP contribution in [0.5, 0.6) is 0 Å². The van der Waals surface area contributed by atoms with E-state index in [9.17, 15) is 28.8 Å². The van der Waals surface area contributed by atoms with Crippen LogP contribution in [-0.2, 0) is 67.5 Å². The van der Waals surface area contributed by atoms with Gasteiger partial charge in [-0.2, -0.15) is 0 Å². The van der Waals surface area contributed by atoms with Crippen LogP contribution in [0.3, 0.4) is 0 Å². The van der Waals surface area contributed by atoms with E-state index in [0.29, 0.717) is 91.0 Å². The number of hydrogen-bond acceptors (Lipinski definition) is 15. The standard InChI is InChI=1S/C40H55N11O9/c1-29(52)6-9-35-26-49(46-43-35)14-20-58-17-4-5-38(55)32-23-33(39(56)41-12-18-59-21-15-50-27-36(44-47-50)10-7-30(2)53)25-34(24-32)40(57)42-13-19-60-22-16-51-28-37(45-48-51)11-8-31(3)54/h23-28H,4-22H2,1-3H3,(H,41,56)(H,42,57). The average molecular weight is 834 g/mol. The van der Waals surface area contributed by atoms with Gasteiger partial charge >= 0.3 is 0 Å². The first-order chi connectivity index (χ1) is 28.9. The van der Waals surface area contributed by atoms with Gasteiger partial charge in [0.1, 0.15) is 17.3 Å². The third-order valence-corrected chi connectivity index (χ3v) is 8.89. The molecule has 0 atom stereocenters. The minimum Gasteiger partial charge on any atom is -0.380 e. The Morgan fingerprint density at radius 2 is 0.867 bits per heavy atom. The zero-order chi connectivity index (χ0) is 43.1. The van der Waals surface area contributed by atoms with E-state index < -0.39 is 11.8 Å². The van der Waals surface area contributed by atoms with E-state index in [1.807, 2.05) is 0 Å². The first-order valence-electron chi connectivity index (χ1n) is 20.1. The SMILES string of the molecule is CC(=O)CCc1cn(CCOCCCC(=O)c2cc(C(=O)NCCOCCn3cc(CCC(C)=O)nn3)cc(C(=O)NCCOCCn3cc(CCC(C)=O)nn3)c2)nn1. The van der Waals surface area contributed by atoms with E-state index in [1.165, 1.54) is 39.0 Å². The van der Waals surface area contributed by atoms with E-state index >= 15 is 0 Å². The molecule has 3 heterocycles. The highest BCUT2D eigenvalue weighted by molar-refractivity contribution is 6.05. The summed E-state index contributed by atoms with van der Waals surface area (Å²) in [4.78, 5) is 73.5. The lowest BCUT2D eigenvalue weighted by Crippen LogP contribution is -2.30. The molecule has 0 unspecified atom stereocenters. The van der Waals surface area contributed by atoms with Crippen LogP contribution in [0.2, 0.25) is 0 Å². The lowest BCUT2D eigenvalue weighted by Gasteiger charge is -2.11. The minimum atomic E-state index is -0.476. The molecular weight excluding hydrogens is 779 g/mol. The Balaban J connectivity index is 1.24. The van der Waals surface area contributed by atoms with Crippen molar-refractivity contribution in [2.24, 2.45) is 0 Å². The van der Waals surface area contributed by atoms with Gasteiger partial charge in [-0.05, 0) is 64.7 Å². The number of rotatable bonds is 31. The van der Waals surface area contributed by atoms with E-state index in [0.717, 1.165) is 17.1 Å². The monoisotopic (exact) mass is 833 g/mol. The number of Topliss-reactive ketones (excluding diaryl/α,β-unsaturated/α-hetero) is 4. The van der Waals surface area contributed by atoms with Crippen molar-refractivity contribution >= 4 is 34.9 Å². The molecule has 2 N–H and O–H groups in total. The second-order valence-corrected chi connectivity index (χ2v) is 14.2. The van der Waals surface area contributed by atoms with Crippen molar-refractivity contribution in [1.29, 1.82) is 0 Å². The van der Waals surface area contributed by atoms with Crippen LogP contribution in [0.1, 0.15) is 101 Å². The number of nitrogens with one attached hydrogen (secondary N) is 2. The summed E-state index contributed by atoms with van der Waals surface area (Å²) in [5.41, 5.74) is 2.68. The number of ether oxygens (including phenoxy) is 3. The Kier molecular flexibility index (Phi) is 20.0. The number of nitrogens with zero attached hydrogens (tertiary/aromatic N) is 9. The maximum absolute atomic E-state index is 13.3. The fourth-order valence-corrected chi connectivity index (χ4v) is 5.59. The van der Waals surface area contributed by atoms with Crippen LogP contribution in [0.15, 0.2) is 36.8 Å². The maximum Gasteiger partial charge on any atom is 0.251 e. The number of benzene rings is 1. The summed E-state index contributed by atoms with van der Waals surface area (Å²) in [6.45, 7) is 8.01. The Hall–Kier alpha value is -5.86. The van der Waals surface area contributed by atoms with Crippen LogP contribution >= 0.6 is 0 Å².